The van der Waals surface area contributed by atoms with Crippen LogP contribution in [-0.2, 0) is 12.8 Å². The molecule has 3 aliphatic rings. The lowest BCUT2D eigenvalue weighted by molar-refractivity contribution is -0.0325. The van der Waals surface area contributed by atoms with Crippen molar-refractivity contribution in [2.24, 2.45) is 28.9 Å². The molecule has 2 saturated carbocycles. The van der Waals surface area contributed by atoms with E-state index in [0.29, 0.717) is 23.3 Å². The molecule has 0 bridgehead atoms. The summed E-state index contributed by atoms with van der Waals surface area (Å²) in [6, 6.07) is 14.6. The molecule has 1 amide bonds. The Morgan fingerprint density at radius 3 is 2.84 bits per heavy atom. The van der Waals surface area contributed by atoms with Crippen molar-refractivity contribution in [2.45, 2.75) is 64.4 Å². The Hall–Kier alpha value is -2.33. The van der Waals surface area contributed by atoms with Gasteiger partial charge in [0.2, 0.25) is 5.91 Å². The summed E-state index contributed by atoms with van der Waals surface area (Å²) in [5.74, 6) is 1.69. The van der Waals surface area contributed by atoms with Crippen molar-refractivity contribution in [3.63, 3.8) is 0 Å². The second-order valence-corrected chi connectivity index (χ2v) is 10.6. The van der Waals surface area contributed by atoms with Crippen LogP contribution in [-0.4, -0.2) is 23.7 Å². The topological polar surface area (TPSA) is 75.3 Å². The van der Waals surface area contributed by atoms with E-state index in [-0.39, 0.29) is 23.3 Å². The molecule has 0 heterocycles. The molecule has 0 unspecified atom stereocenters. The first kappa shape index (κ1) is 21.5. The number of nitrogens with two attached hydrogens (primary N) is 1. The van der Waals surface area contributed by atoms with Crippen molar-refractivity contribution in [3.05, 3.63) is 64.7 Å². The van der Waals surface area contributed by atoms with Crippen LogP contribution < -0.4 is 11.1 Å². The molecule has 2 aromatic carbocycles. The number of benzene rings is 2. The first-order valence-electron chi connectivity index (χ1n) is 12.3. The molecular formula is C28H36N2O2. The first-order valence-corrected chi connectivity index (χ1v) is 12.3. The molecule has 2 aromatic rings. The number of carbonyl (C=O) groups excluding carboxylic acids is 1. The van der Waals surface area contributed by atoms with Gasteiger partial charge in [-0.3, -0.25) is 4.79 Å². The lowest BCUT2D eigenvalue weighted by Crippen LogP contribution is -2.44. The van der Waals surface area contributed by atoms with E-state index < -0.39 is 0 Å². The average Bonchev–Trinajstić information content (AvgIpc) is 3.04. The monoisotopic (exact) mass is 432 g/mol. The van der Waals surface area contributed by atoms with Gasteiger partial charge in [-0.1, -0.05) is 25.1 Å². The Morgan fingerprint density at radius 2 is 2.06 bits per heavy atom. The van der Waals surface area contributed by atoms with Crippen LogP contribution in [0.1, 0.15) is 72.5 Å². The highest BCUT2D eigenvalue weighted by atomic mass is 16.3. The zero-order valence-corrected chi connectivity index (χ0v) is 19.3. The van der Waals surface area contributed by atoms with E-state index >= 15 is 0 Å². The number of rotatable bonds is 5. The quantitative estimate of drug-likeness (QED) is 0.629. The number of hydrogen-bond donors (Lipinski definition) is 3. The summed E-state index contributed by atoms with van der Waals surface area (Å²) in [5, 5.41) is 14.9. The van der Waals surface area contributed by atoms with Crippen molar-refractivity contribution in [1.29, 1.82) is 0 Å². The smallest absolute Gasteiger partial charge is 0.248 e. The van der Waals surface area contributed by atoms with E-state index in [4.69, 9.17) is 5.73 Å². The minimum atomic E-state index is -0.388. The van der Waals surface area contributed by atoms with Crippen LogP contribution in [0.4, 0.5) is 5.69 Å². The number of carbonyl (C=O) groups is 1. The van der Waals surface area contributed by atoms with Crippen LogP contribution in [0, 0.1) is 23.2 Å². The highest BCUT2D eigenvalue weighted by molar-refractivity contribution is 5.92. The van der Waals surface area contributed by atoms with E-state index in [0.717, 1.165) is 37.8 Å². The third kappa shape index (κ3) is 3.53. The van der Waals surface area contributed by atoms with Crippen molar-refractivity contribution in [3.8, 4) is 0 Å². The number of primary amides is 1. The van der Waals surface area contributed by atoms with Crippen LogP contribution in [0.25, 0.3) is 0 Å². The van der Waals surface area contributed by atoms with Gasteiger partial charge in [-0.2, -0.15) is 0 Å². The van der Waals surface area contributed by atoms with Crippen LogP contribution in [0.15, 0.2) is 42.5 Å². The molecule has 0 radical (unpaired) electrons. The van der Waals surface area contributed by atoms with Gasteiger partial charge in [0.1, 0.15) is 0 Å². The third-order valence-electron chi connectivity index (χ3n) is 8.93. The van der Waals surface area contributed by atoms with Gasteiger partial charge >= 0.3 is 0 Å². The largest absolute Gasteiger partial charge is 0.392 e. The minimum Gasteiger partial charge on any atom is -0.392 e. The standard InChI is InChI=1S/C28H36N2O2/c1-3-30-21-8-10-22-18(15-21)7-9-24-23(22)11-12-28(2)25(24)16-20(26(28)31)14-17-5-4-6-19(13-17)27(29)32/h4-6,8,10,13,15,20,23-26,30-31H,3,7,9,11-12,14,16H2,1-2H3,(H2,29,32)/t20-,23+,24+,25-,26-,28-/m0/s1. The average molecular weight is 433 g/mol. The van der Waals surface area contributed by atoms with E-state index in [9.17, 15) is 9.90 Å². The van der Waals surface area contributed by atoms with Crippen molar-refractivity contribution in [2.75, 3.05) is 11.9 Å². The molecule has 0 spiro atoms. The molecule has 0 aromatic heterocycles. The second-order valence-electron chi connectivity index (χ2n) is 10.6. The zero-order chi connectivity index (χ0) is 22.5. The van der Waals surface area contributed by atoms with Crippen LogP contribution in [0.2, 0.25) is 0 Å². The molecule has 6 atom stereocenters. The highest BCUT2D eigenvalue weighted by Crippen LogP contribution is 2.62. The van der Waals surface area contributed by atoms with E-state index in [1.165, 1.54) is 24.1 Å². The predicted molar refractivity (Wildman–Crippen MR) is 129 cm³/mol. The van der Waals surface area contributed by atoms with Gasteiger partial charge in [0.05, 0.1) is 6.10 Å². The van der Waals surface area contributed by atoms with Crippen molar-refractivity contribution >= 4 is 11.6 Å². The number of aliphatic hydroxyl groups is 1. The Labute approximate surface area is 191 Å². The summed E-state index contributed by atoms with van der Waals surface area (Å²) >= 11 is 0. The summed E-state index contributed by atoms with van der Waals surface area (Å²) in [6.45, 7) is 5.43. The predicted octanol–water partition coefficient (Wildman–Crippen LogP) is 4.90. The lowest BCUT2D eigenvalue weighted by atomic mass is 9.55. The Bertz CT molecular complexity index is 1020. The Kier molecular flexibility index (Phi) is 5.53. The van der Waals surface area contributed by atoms with E-state index in [1.54, 1.807) is 11.6 Å². The number of anilines is 1. The molecule has 5 rings (SSSR count). The highest BCUT2D eigenvalue weighted by Gasteiger charge is 2.57. The number of aliphatic hydroxyl groups excluding tert-OH is 1. The van der Waals surface area contributed by atoms with Gasteiger partial charge in [0, 0.05) is 17.8 Å². The molecular weight excluding hydrogens is 396 g/mol. The van der Waals surface area contributed by atoms with Crippen LogP contribution in [0.5, 0.6) is 0 Å². The van der Waals surface area contributed by atoms with Crippen molar-refractivity contribution in [1.82, 2.24) is 0 Å². The fourth-order valence-corrected chi connectivity index (χ4v) is 7.40. The molecule has 2 fully saturated rings. The molecule has 4 nitrogen and oxygen atoms in total. The number of fused-ring (bicyclic) bond motifs is 5. The number of hydrogen-bond acceptors (Lipinski definition) is 3. The first-order chi connectivity index (χ1) is 15.4. The molecule has 3 aliphatic carbocycles. The maximum Gasteiger partial charge on any atom is 0.248 e. The molecule has 32 heavy (non-hydrogen) atoms. The van der Waals surface area contributed by atoms with Gasteiger partial charge in [-0.15, -0.1) is 0 Å². The molecule has 0 aliphatic heterocycles. The number of nitrogens with one attached hydrogen (secondary N) is 1. The van der Waals surface area contributed by atoms with E-state index in [2.05, 4.69) is 43.4 Å². The van der Waals surface area contributed by atoms with Gasteiger partial charge in [-0.05, 0) is 115 Å². The summed E-state index contributed by atoms with van der Waals surface area (Å²) in [5.41, 5.74) is 11.4. The summed E-state index contributed by atoms with van der Waals surface area (Å²) < 4.78 is 0. The van der Waals surface area contributed by atoms with Crippen LogP contribution in [0.3, 0.4) is 0 Å². The molecule has 4 N–H and O–H groups in total. The Morgan fingerprint density at radius 1 is 1.22 bits per heavy atom. The minimum absolute atomic E-state index is 0.00561. The van der Waals surface area contributed by atoms with Gasteiger partial charge in [0.15, 0.2) is 0 Å². The molecule has 170 valence electrons. The molecule has 0 saturated heterocycles. The van der Waals surface area contributed by atoms with Gasteiger partial charge in [0.25, 0.3) is 0 Å². The summed E-state index contributed by atoms with van der Waals surface area (Å²) in [6.07, 6.45) is 6.23. The zero-order valence-electron chi connectivity index (χ0n) is 19.3. The Balaban J connectivity index is 1.38. The lowest BCUT2D eigenvalue weighted by Gasteiger charge is -2.50. The normalized spacial score (nSPS) is 33.2. The van der Waals surface area contributed by atoms with Crippen LogP contribution >= 0.6 is 0 Å². The maximum absolute atomic E-state index is 11.6. The number of aryl methyl sites for hydroxylation is 1. The number of amides is 1. The summed E-state index contributed by atoms with van der Waals surface area (Å²) in [7, 11) is 0. The fourth-order valence-electron chi connectivity index (χ4n) is 7.40. The van der Waals surface area contributed by atoms with Gasteiger partial charge < -0.3 is 16.2 Å². The second kappa shape index (κ2) is 8.22. The summed E-state index contributed by atoms with van der Waals surface area (Å²) in [4.78, 5) is 11.6. The van der Waals surface area contributed by atoms with Gasteiger partial charge in [-0.25, -0.2) is 0 Å². The fraction of sp³-hybridized carbons (Fsp3) is 0.536. The SMILES string of the molecule is CCNc1ccc2c(c1)CC[C@@H]1[C@@H]2CC[C@]2(C)[C@@H](O)[C@@H](Cc3cccc(C(N)=O)c3)C[C@@H]12. The third-order valence-corrected chi connectivity index (χ3v) is 8.93. The van der Waals surface area contributed by atoms with E-state index in [1.807, 2.05) is 12.1 Å². The molecule has 4 heteroatoms. The maximum atomic E-state index is 11.6. The van der Waals surface area contributed by atoms with Crippen molar-refractivity contribution < 1.29 is 9.90 Å².